The first-order valence-electron chi connectivity index (χ1n) is 5.55. The second-order valence-electron chi connectivity index (χ2n) is 3.87. The second kappa shape index (κ2) is 6.98. The van der Waals surface area contributed by atoms with Crippen molar-refractivity contribution in [2.75, 3.05) is 13.6 Å². The van der Waals surface area contributed by atoms with Gasteiger partial charge in [0.2, 0.25) is 5.24 Å². The number of hydrogen-bond donors (Lipinski definition) is 0. The van der Waals surface area contributed by atoms with Gasteiger partial charge in [-0.15, -0.1) is 0 Å². The maximum Gasteiger partial charge on any atom is 0.519 e. The molecule has 8 heteroatoms. The Morgan fingerprint density at radius 3 is 2.58 bits per heavy atom. The van der Waals surface area contributed by atoms with Gasteiger partial charge in [0.1, 0.15) is 0 Å². The predicted octanol–water partition coefficient (Wildman–Crippen LogP) is 1.66. The van der Waals surface area contributed by atoms with E-state index in [1.807, 2.05) is 0 Å². The molecule has 0 saturated carbocycles. The maximum absolute atomic E-state index is 11.5. The van der Waals surface area contributed by atoms with E-state index in [1.54, 1.807) is 0 Å². The van der Waals surface area contributed by atoms with E-state index in [1.165, 1.54) is 18.9 Å². The number of nitrogens with zero attached hydrogens (tertiary/aromatic N) is 1. The molecule has 0 aliphatic carbocycles. The normalized spacial score (nSPS) is 10.3. The third-order valence-corrected chi connectivity index (χ3v) is 2.53. The van der Waals surface area contributed by atoms with Gasteiger partial charge in [-0.1, -0.05) is 0 Å². The fraction of sp³-hybridized carbons (Fsp3) is 0.545. The third kappa shape index (κ3) is 5.17. The highest BCUT2D eigenvalue weighted by Crippen LogP contribution is 2.07. The van der Waals surface area contributed by atoms with Crippen LogP contribution < -0.4 is 5.82 Å². The molecule has 0 saturated heterocycles. The highest BCUT2D eigenvalue weighted by Gasteiger charge is 2.14. The van der Waals surface area contributed by atoms with E-state index < -0.39 is 17.2 Å². The molecule has 0 radical (unpaired) electrons. The van der Waals surface area contributed by atoms with E-state index in [0.29, 0.717) is 13.0 Å². The van der Waals surface area contributed by atoms with Crippen LogP contribution in [0.4, 0.5) is 4.79 Å². The molecule has 1 rings (SSSR count). The molecular weight excluding hydrogens is 278 g/mol. The van der Waals surface area contributed by atoms with Crippen LogP contribution in [0.15, 0.2) is 13.6 Å². The highest BCUT2D eigenvalue weighted by atomic mass is 35.5. The molecule has 106 valence electrons. The monoisotopic (exact) mass is 291 g/mol. The number of rotatable bonds is 6. The summed E-state index contributed by atoms with van der Waals surface area (Å²) in [6.07, 6.45) is 0.0492. The number of carbonyl (C=O) groups excluding carboxylic acids is 2. The van der Waals surface area contributed by atoms with Gasteiger partial charge in [0.25, 0.3) is 0 Å². The Bertz CT molecular complexity index is 506. The highest BCUT2D eigenvalue weighted by molar-refractivity contribution is 6.63. The Balaban J connectivity index is 2.36. The van der Waals surface area contributed by atoms with Crippen molar-refractivity contribution in [2.24, 2.45) is 0 Å². The third-order valence-electron chi connectivity index (χ3n) is 2.34. The van der Waals surface area contributed by atoms with Crippen molar-refractivity contribution in [1.82, 2.24) is 4.90 Å². The van der Waals surface area contributed by atoms with Crippen LogP contribution in [0, 0.1) is 6.92 Å². The molecule has 0 spiro atoms. The summed E-state index contributed by atoms with van der Waals surface area (Å²) in [4.78, 5) is 34.1. The van der Waals surface area contributed by atoms with E-state index in [9.17, 15) is 14.4 Å². The van der Waals surface area contributed by atoms with Gasteiger partial charge in [-0.05, 0) is 24.9 Å². The van der Waals surface area contributed by atoms with Gasteiger partial charge >= 0.3 is 11.9 Å². The van der Waals surface area contributed by atoms with Crippen LogP contribution in [-0.2, 0) is 16.1 Å². The summed E-state index contributed by atoms with van der Waals surface area (Å²) >= 11 is 5.18. The quantitative estimate of drug-likeness (QED) is 0.740. The van der Waals surface area contributed by atoms with Gasteiger partial charge in [-0.25, -0.2) is 9.59 Å². The van der Waals surface area contributed by atoms with Crippen LogP contribution >= 0.6 is 11.6 Å². The lowest BCUT2D eigenvalue weighted by molar-refractivity contribution is -0.111. The molecule has 0 N–H and O–H groups in total. The lowest BCUT2D eigenvalue weighted by Crippen LogP contribution is -2.28. The molecule has 1 aromatic rings. The van der Waals surface area contributed by atoms with Crippen LogP contribution in [0.3, 0.4) is 0 Å². The van der Waals surface area contributed by atoms with Gasteiger partial charge in [-0.2, -0.15) is 0 Å². The number of ether oxygens (including phenoxy) is 1. The summed E-state index contributed by atoms with van der Waals surface area (Å²) in [6.45, 7) is 1.69. The molecule has 0 aromatic carbocycles. The van der Waals surface area contributed by atoms with Crippen molar-refractivity contribution in [3.05, 3.63) is 22.1 Å². The number of hydrogen-bond acceptors (Lipinski definition) is 6. The first-order chi connectivity index (χ1) is 8.90. The molecule has 0 aliphatic rings. The van der Waals surface area contributed by atoms with Crippen LogP contribution in [0.25, 0.3) is 0 Å². The molecule has 0 atom stereocenters. The Morgan fingerprint density at radius 2 is 2.05 bits per heavy atom. The molecule has 1 amide bonds. The average molecular weight is 292 g/mol. The zero-order valence-corrected chi connectivity index (χ0v) is 11.4. The molecule has 1 heterocycles. The summed E-state index contributed by atoms with van der Waals surface area (Å²) in [5.41, 5.74) is 0. The van der Waals surface area contributed by atoms with Crippen molar-refractivity contribution in [3.8, 4) is 0 Å². The number of aryl methyl sites for hydroxylation is 1. The van der Waals surface area contributed by atoms with Crippen LogP contribution in [0.5, 0.6) is 0 Å². The molecule has 0 bridgehead atoms. The van der Waals surface area contributed by atoms with Crippen molar-refractivity contribution < 1.29 is 23.2 Å². The summed E-state index contributed by atoms with van der Waals surface area (Å²) < 4.78 is 14.2. The first kappa shape index (κ1) is 15.3. The molecule has 0 aliphatic heterocycles. The van der Waals surface area contributed by atoms with Crippen LogP contribution in [0.1, 0.15) is 24.4 Å². The van der Waals surface area contributed by atoms with Crippen LogP contribution in [-0.4, -0.2) is 29.8 Å². The fourth-order valence-electron chi connectivity index (χ4n) is 1.29. The van der Waals surface area contributed by atoms with Gasteiger partial charge < -0.3 is 18.5 Å². The molecule has 19 heavy (non-hydrogen) atoms. The number of carbonyl (C=O) groups is 2. The van der Waals surface area contributed by atoms with Crippen molar-refractivity contribution in [1.29, 1.82) is 0 Å². The van der Waals surface area contributed by atoms with Gasteiger partial charge in [0.15, 0.2) is 18.1 Å². The average Bonchev–Trinajstić information content (AvgIpc) is 2.64. The predicted molar refractivity (Wildman–Crippen MR) is 64.9 cm³/mol. The van der Waals surface area contributed by atoms with Crippen molar-refractivity contribution in [3.63, 3.8) is 0 Å². The minimum absolute atomic E-state index is 0.169. The smallest absolute Gasteiger partial charge is 0.441 e. The molecular formula is C11H14ClNO6. The lowest BCUT2D eigenvalue weighted by atomic mass is 10.3. The Labute approximate surface area is 114 Å². The minimum Gasteiger partial charge on any atom is -0.441 e. The fourth-order valence-corrected chi connectivity index (χ4v) is 1.42. The van der Waals surface area contributed by atoms with E-state index in [-0.39, 0.29) is 24.5 Å². The van der Waals surface area contributed by atoms with Gasteiger partial charge in [0.05, 0.1) is 0 Å². The van der Waals surface area contributed by atoms with Crippen molar-refractivity contribution in [2.45, 2.75) is 26.4 Å². The van der Waals surface area contributed by atoms with E-state index >= 15 is 0 Å². The second-order valence-corrected chi connectivity index (χ2v) is 4.29. The van der Waals surface area contributed by atoms with E-state index in [4.69, 9.17) is 16.3 Å². The largest absolute Gasteiger partial charge is 0.519 e. The zero-order valence-electron chi connectivity index (χ0n) is 10.6. The van der Waals surface area contributed by atoms with Crippen LogP contribution in [0.2, 0.25) is 0 Å². The molecule has 0 fully saturated rings. The maximum atomic E-state index is 11.5. The van der Waals surface area contributed by atoms with Crippen molar-refractivity contribution >= 4 is 22.9 Å². The zero-order chi connectivity index (χ0) is 14.4. The topological polar surface area (TPSA) is 90.0 Å². The van der Waals surface area contributed by atoms with E-state index in [2.05, 4.69) is 8.83 Å². The Hall–Kier alpha value is -1.76. The number of halogens is 1. The molecule has 0 unspecified atom stereocenters. The summed E-state index contributed by atoms with van der Waals surface area (Å²) in [6, 6.07) is 0. The standard InChI is InChI=1S/C11H14ClNO6/c1-7-8(19-11(16)18-7)6-17-10(15)13(2)5-3-4-9(12)14/h3-6H2,1-2H3. The SMILES string of the molecule is Cc1oc(=O)oc1COC(=O)N(C)CCCC(=O)Cl. The first-order valence-corrected chi connectivity index (χ1v) is 5.93. The summed E-state index contributed by atoms with van der Waals surface area (Å²) in [5, 5.41) is -0.447. The summed E-state index contributed by atoms with van der Waals surface area (Å²) in [5.74, 6) is -0.395. The minimum atomic E-state index is -0.836. The molecule has 1 aromatic heterocycles. The van der Waals surface area contributed by atoms with Gasteiger partial charge in [0, 0.05) is 20.0 Å². The van der Waals surface area contributed by atoms with E-state index in [0.717, 1.165) is 0 Å². The molecule has 7 nitrogen and oxygen atoms in total. The van der Waals surface area contributed by atoms with Gasteiger partial charge in [-0.3, -0.25) is 4.79 Å². The Morgan fingerprint density at radius 1 is 1.37 bits per heavy atom. The number of amides is 1. The summed E-state index contributed by atoms with van der Waals surface area (Å²) in [7, 11) is 1.53. The lowest BCUT2D eigenvalue weighted by Gasteiger charge is -2.15. The Kier molecular flexibility index (Phi) is 5.62.